The summed E-state index contributed by atoms with van der Waals surface area (Å²) in [5, 5.41) is 10.8. The number of benzene rings is 1. The molecule has 0 radical (unpaired) electrons. The summed E-state index contributed by atoms with van der Waals surface area (Å²) in [6.45, 7) is 6.39. The average molecular weight is 257 g/mol. The van der Waals surface area contributed by atoms with Crippen LogP contribution in [0, 0.1) is 0 Å². The standard InChI is InChI=1S/C14H19N5/c1-11(19-9-7-15-8-10-19)13-16-14(18-17-13)12-5-3-2-4-6-12/h2-6,11,15H,7-10H2,1H3,(H,16,17,18). The van der Waals surface area contributed by atoms with Gasteiger partial charge in [0, 0.05) is 31.7 Å². The highest BCUT2D eigenvalue weighted by molar-refractivity contribution is 5.53. The second-order valence-corrected chi connectivity index (χ2v) is 4.87. The topological polar surface area (TPSA) is 56.8 Å². The van der Waals surface area contributed by atoms with Gasteiger partial charge in [-0.1, -0.05) is 30.3 Å². The van der Waals surface area contributed by atoms with Crippen molar-refractivity contribution in [3.8, 4) is 11.4 Å². The fraction of sp³-hybridized carbons (Fsp3) is 0.429. The molecule has 1 saturated heterocycles. The maximum absolute atomic E-state index is 4.63. The Labute approximate surface area is 113 Å². The zero-order valence-corrected chi connectivity index (χ0v) is 11.1. The molecule has 0 aliphatic carbocycles. The Bertz CT molecular complexity index is 516. The molecule has 5 nitrogen and oxygen atoms in total. The fourth-order valence-corrected chi connectivity index (χ4v) is 2.42. The van der Waals surface area contributed by atoms with Crippen LogP contribution in [0.2, 0.25) is 0 Å². The number of hydrogen-bond acceptors (Lipinski definition) is 4. The van der Waals surface area contributed by atoms with Crippen LogP contribution in [-0.2, 0) is 0 Å². The molecule has 0 spiro atoms. The largest absolute Gasteiger partial charge is 0.314 e. The minimum absolute atomic E-state index is 0.284. The molecular formula is C14H19N5. The first-order chi connectivity index (χ1) is 9.34. The zero-order chi connectivity index (χ0) is 13.1. The zero-order valence-electron chi connectivity index (χ0n) is 11.1. The van der Waals surface area contributed by atoms with Gasteiger partial charge in [0.15, 0.2) is 5.82 Å². The van der Waals surface area contributed by atoms with Crippen LogP contribution in [0.5, 0.6) is 0 Å². The number of piperazine rings is 1. The number of H-pyrrole nitrogens is 1. The van der Waals surface area contributed by atoms with Gasteiger partial charge in [-0.15, -0.1) is 0 Å². The molecule has 1 aromatic carbocycles. The minimum atomic E-state index is 0.284. The van der Waals surface area contributed by atoms with Gasteiger partial charge in [0.05, 0.1) is 6.04 Å². The van der Waals surface area contributed by atoms with E-state index >= 15 is 0 Å². The number of aromatic amines is 1. The SMILES string of the molecule is CC(c1nc(-c2ccccc2)n[nH]1)N1CCNCC1. The molecule has 1 fully saturated rings. The van der Waals surface area contributed by atoms with Crippen LogP contribution in [0.3, 0.4) is 0 Å². The normalized spacial score (nSPS) is 18.4. The molecule has 2 heterocycles. The summed E-state index contributed by atoms with van der Waals surface area (Å²) in [6, 6.07) is 10.4. The molecule has 100 valence electrons. The van der Waals surface area contributed by atoms with Gasteiger partial charge in [0.2, 0.25) is 0 Å². The lowest BCUT2D eigenvalue weighted by Gasteiger charge is -2.31. The van der Waals surface area contributed by atoms with Gasteiger partial charge < -0.3 is 5.32 Å². The van der Waals surface area contributed by atoms with Crippen LogP contribution < -0.4 is 5.32 Å². The molecule has 1 atom stereocenters. The van der Waals surface area contributed by atoms with Crippen molar-refractivity contribution in [1.29, 1.82) is 0 Å². The van der Waals surface area contributed by atoms with Crippen LogP contribution in [0.25, 0.3) is 11.4 Å². The molecule has 5 heteroatoms. The van der Waals surface area contributed by atoms with E-state index in [0.29, 0.717) is 0 Å². The van der Waals surface area contributed by atoms with Gasteiger partial charge in [-0.2, -0.15) is 5.10 Å². The molecule has 1 aliphatic heterocycles. The number of hydrogen-bond donors (Lipinski definition) is 2. The van der Waals surface area contributed by atoms with E-state index in [4.69, 9.17) is 0 Å². The second kappa shape index (κ2) is 5.50. The molecule has 1 aromatic heterocycles. The highest BCUT2D eigenvalue weighted by Gasteiger charge is 2.21. The highest BCUT2D eigenvalue weighted by atomic mass is 15.3. The first-order valence-electron chi connectivity index (χ1n) is 6.77. The van der Waals surface area contributed by atoms with Crippen LogP contribution in [0.15, 0.2) is 30.3 Å². The summed E-state index contributed by atoms with van der Waals surface area (Å²) in [5.41, 5.74) is 1.05. The average Bonchev–Trinajstić information content (AvgIpc) is 2.98. The van der Waals surface area contributed by atoms with E-state index < -0.39 is 0 Å². The quantitative estimate of drug-likeness (QED) is 0.873. The molecular weight excluding hydrogens is 238 g/mol. The lowest BCUT2D eigenvalue weighted by molar-refractivity contribution is 0.179. The summed E-state index contributed by atoms with van der Waals surface area (Å²) in [6.07, 6.45) is 0. The fourth-order valence-electron chi connectivity index (χ4n) is 2.42. The molecule has 1 unspecified atom stereocenters. The Morgan fingerprint density at radius 1 is 1.16 bits per heavy atom. The second-order valence-electron chi connectivity index (χ2n) is 4.87. The number of aromatic nitrogens is 3. The number of nitrogens with one attached hydrogen (secondary N) is 2. The van der Waals surface area contributed by atoms with E-state index in [2.05, 4.69) is 32.3 Å². The van der Waals surface area contributed by atoms with Gasteiger partial charge in [0.25, 0.3) is 0 Å². The summed E-state index contributed by atoms with van der Waals surface area (Å²) in [7, 11) is 0. The summed E-state index contributed by atoms with van der Waals surface area (Å²) >= 11 is 0. The smallest absolute Gasteiger partial charge is 0.181 e. The third-order valence-electron chi connectivity index (χ3n) is 3.63. The van der Waals surface area contributed by atoms with E-state index in [0.717, 1.165) is 43.4 Å². The lowest BCUT2D eigenvalue weighted by Crippen LogP contribution is -2.44. The minimum Gasteiger partial charge on any atom is -0.314 e. The van der Waals surface area contributed by atoms with E-state index in [-0.39, 0.29) is 6.04 Å². The third kappa shape index (κ3) is 2.67. The van der Waals surface area contributed by atoms with Gasteiger partial charge in [-0.25, -0.2) is 4.98 Å². The molecule has 2 N–H and O–H groups in total. The lowest BCUT2D eigenvalue weighted by atomic mass is 10.2. The maximum atomic E-state index is 4.63. The molecule has 3 rings (SSSR count). The third-order valence-corrected chi connectivity index (χ3v) is 3.63. The van der Waals surface area contributed by atoms with Gasteiger partial charge in [-0.3, -0.25) is 10.00 Å². The Hall–Kier alpha value is -1.72. The van der Waals surface area contributed by atoms with Crippen molar-refractivity contribution in [2.24, 2.45) is 0 Å². The van der Waals surface area contributed by atoms with Crippen LogP contribution >= 0.6 is 0 Å². The summed E-state index contributed by atoms with van der Waals surface area (Å²) in [4.78, 5) is 7.05. The molecule has 0 bridgehead atoms. The van der Waals surface area contributed by atoms with Crippen molar-refractivity contribution >= 4 is 0 Å². The van der Waals surface area contributed by atoms with E-state index in [1.165, 1.54) is 0 Å². The molecule has 2 aromatic rings. The molecule has 1 aliphatic rings. The number of nitrogens with zero attached hydrogens (tertiary/aromatic N) is 3. The Kier molecular flexibility index (Phi) is 3.57. The van der Waals surface area contributed by atoms with Gasteiger partial charge in [-0.05, 0) is 6.92 Å². The Morgan fingerprint density at radius 3 is 2.63 bits per heavy atom. The number of rotatable bonds is 3. The van der Waals surface area contributed by atoms with Crippen molar-refractivity contribution in [3.05, 3.63) is 36.2 Å². The Balaban J connectivity index is 1.77. The Morgan fingerprint density at radius 2 is 1.89 bits per heavy atom. The highest BCUT2D eigenvalue weighted by Crippen LogP contribution is 2.20. The predicted molar refractivity (Wildman–Crippen MR) is 74.7 cm³/mol. The molecule has 19 heavy (non-hydrogen) atoms. The van der Waals surface area contributed by atoms with Crippen molar-refractivity contribution in [3.63, 3.8) is 0 Å². The van der Waals surface area contributed by atoms with E-state index in [9.17, 15) is 0 Å². The van der Waals surface area contributed by atoms with Crippen molar-refractivity contribution in [1.82, 2.24) is 25.4 Å². The predicted octanol–water partition coefficient (Wildman–Crippen LogP) is 1.44. The van der Waals surface area contributed by atoms with Crippen LogP contribution in [-0.4, -0.2) is 46.3 Å². The molecule has 0 saturated carbocycles. The van der Waals surface area contributed by atoms with E-state index in [1.807, 2.05) is 30.3 Å². The van der Waals surface area contributed by atoms with Crippen molar-refractivity contribution in [2.45, 2.75) is 13.0 Å². The van der Waals surface area contributed by atoms with E-state index in [1.54, 1.807) is 0 Å². The van der Waals surface area contributed by atoms with Crippen molar-refractivity contribution < 1.29 is 0 Å². The summed E-state index contributed by atoms with van der Waals surface area (Å²) < 4.78 is 0. The first-order valence-corrected chi connectivity index (χ1v) is 6.77. The first kappa shape index (κ1) is 12.3. The van der Waals surface area contributed by atoms with Crippen LogP contribution in [0.4, 0.5) is 0 Å². The van der Waals surface area contributed by atoms with Gasteiger partial charge >= 0.3 is 0 Å². The van der Waals surface area contributed by atoms with Gasteiger partial charge in [0.1, 0.15) is 5.82 Å². The monoisotopic (exact) mass is 257 g/mol. The summed E-state index contributed by atoms with van der Waals surface area (Å²) in [5.74, 6) is 1.72. The van der Waals surface area contributed by atoms with Crippen molar-refractivity contribution in [2.75, 3.05) is 26.2 Å². The molecule has 0 amide bonds. The van der Waals surface area contributed by atoms with Crippen LogP contribution in [0.1, 0.15) is 18.8 Å². The maximum Gasteiger partial charge on any atom is 0.181 e.